The first-order valence-electron chi connectivity index (χ1n) is 8.79. The molecule has 25 heavy (non-hydrogen) atoms. The molecule has 1 aromatic heterocycles. The topological polar surface area (TPSA) is 74.3 Å². The molecule has 0 aliphatic carbocycles. The second-order valence-corrected chi connectivity index (χ2v) is 6.41. The maximum atomic E-state index is 5.91. The highest BCUT2D eigenvalue weighted by molar-refractivity contribution is 5.72. The molecule has 1 aromatic carbocycles. The summed E-state index contributed by atoms with van der Waals surface area (Å²) in [5.41, 5.74) is 4.35. The van der Waals surface area contributed by atoms with Gasteiger partial charge in [0.2, 0.25) is 5.95 Å². The highest BCUT2D eigenvalue weighted by Crippen LogP contribution is 2.39. The Morgan fingerprint density at radius 2 is 2.00 bits per heavy atom. The van der Waals surface area contributed by atoms with E-state index in [2.05, 4.69) is 43.0 Å². The summed E-state index contributed by atoms with van der Waals surface area (Å²) in [5.74, 6) is 2.45. The molecule has 2 aliphatic rings. The van der Waals surface area contributed by atoms with E-state index in [0.717, 1.165) is 62.2 Å². The van der Waals surface area contributed by atoms with Crippen LogP contribution in [-0.4, -0.2) is 49.8 Å². The fourth-order valence-corrected chi connectivity index (χ4v) is 3.38. The van der Waals surface area contributed by atoms with Crippen molar-refractivity contribution in [3.05, 3.63) is 29.5 Å². The van der Waals surface area contributed by atoms with E-state index in [1.807, 2.05) is 20.0 Å². The highest BCUT2D eigenvalue weighted by atomic mass is 16.5. The van der Waals surface area contributed by atoms with Gasteiger partial charge in [-0.1, -0.05) is 0 Å². The number of fused-ring (bicyclic) bond motifs is 1. The zero-order valence-corrected chi connectivity index (χ0v) is 14.7. The first-order chi connectivity index (χ1) is 12.2. The molecule has 7 nitrogen and oxygen atoms in total. The lowest BCUT2D eigenvalue weighted by atomic mass is 10.1. The molecule has 0 saturated carbocycles. The number of piperazine rings is 1. The molecule has 1 fully saturated rings. The number of anilines is 4. The largest absolute Gasteiger partial charge is 0.491 e. The lowest BCUT2D eigenvalue weighted by Gasteiger charge is -2.31. The van der Waals surface area contributed by atoms with Gasteiger partial charge in [0.25, 0.3) is 0 Å². The van der Waals surface area contributed by atoms with E-state index >= 15 is 0 Å². The Balaban J connectivity index is 1.67. The maximum absolute atomic E-state index is 5.91. The van der Waals surface area contributed by atoms with Crippen LogP contribution in [0.4, 0.5) is 23.1 Å². The standard InChI is InChI=1S/C18H24N6O/c1-12-9-16(19-2)23-18(21-12)22-14-10-13-3-8-25-17(13)15(11-14)24-6-4-20-5-7-24/h9-11,20H,3-8H2,1-2H3,(H2,19,21,22,23). The minimum atomic E-state index is 0.606. The summed E-state index contributed by atoms with van der Waals surface area (Å²) in [7, 11) is 1.86. The Labute approximate surface area is 147 Å². The normalized spacial score (nSPS) is 16.3. The van der Waals surface area contributed by atoms with Crippen molar-refractivity contribution in [3.63, 3.8) is 0 Å². The van der Waals surface area contributed by atoms with Crippen molar-refractivity contribution in [1.82, 2.24) is 15.3 Å². The molecule has 1 saturated heterocycles. The number of aromatic nitrogens is 2. The second kappa shape index (κ2) is 6.76. The molecular formula is C18H24N6O. The molecule has 2 aliphatic heterocycles. The van der Waals surface area contributed by atoms with Gasteiger partial charge < -0.3 is 25.6 Å². The van der Waals surface area contributed by atoms with Gasteiger partial charge in [-0.15, -0.1) is 0 Å². The molecular weight excluding hydrogens is 316 g/mol. The summed E-state index contributed by atoms with van der Waals surface area (Å²) in [5, 5.41) is 9.84. The van der Waals surface area contributed by atoms with Gasteiger partial charge in [0.1, 0.15) is 11.6 Å². The second-order valence-electron chi connectivity index (χ2n) is 6.41. The van der Waals surface area contributed by atoms with E-state index in [-0.39, 0.29) is 0 Å². The van der Waals surface area contributed by atoms with Crippen LogP contribution in [0.2, 0.25) is 0 Å². The van der Waals surface area contributed by atoms with Gasteiger partial charge in [0.05, 0.1) is 12.3 Å². The van der Waals surface area contributed by atoms with E-state index < -0.39 is 0 Å². The molecule has 3 heterocycles. The molecule has 0 atom stereocenters. The lowest BCUT2D eigenvalue weighted by molar-refractivity contribution is 0.356. The molecule has 0 spiro atoms. The van der Waals surface area contributed by atoms with E-state index in [1.165, 1.54) is 11.3 Å². The minimum Gasteiger partial charge on any atom is -0.491 e. The fraction of sp³-hybridized carbons (Fsp3) is 0.444. The number of hydrogen-bond donors (Lipinski definition) is 3. The van der Waals surface area contributed by atoms with Gasteiger partial charge in [-0.05, 0) is 19.1 Å². The molecule has 4 rings (SSSR count). The van der Waals surface area contributed by atoms with Gasteiger partial charge >= 0.3 is 0 Å². The summed E-state index contributed by atoms with van der Waals surface area (Å²) in [4.78, 5) is 11.4. The Morgan fingerprint density at radius 1 is 1.16 bits per heavy atom. The average molecular weight is 340 g/mol. The van der Waals surface area contributed by atoms with Gasteiger partial charge in [0, 0.05) is 62.7 Å². The highest BCUT2D eigenvalue weighted by Gasteiger charge is 2.23. The zero-order chi connectivity index (χ0) is 17.2. The number of aryl methyl sites for hydroxylation is 1. The Hall–Kier alpha value is -2.54. The third-order valence-corrected chi connectivity index (χ3v) is 4.59. The summed E-state index contributed by atoms with van der Waals surface area (Å²) < 4.78 is 5.91. The molecule has 3 N–H and O–H groups in total. The third kappa shape index (κ3) is 3.32. The Kier molecular flexibility index (Phi) is 4.31. The van der Waals surface area contributed by atoms with Crippen LogP contribution < -0.4 is 25.6 Å². The van der Waals surface area contributed by atoms with Crippen LogP contribution in [0.25, 0.3) is 0 Å². The van der Waals surface area contributed by atoms with Crippen molar-refractivity contribution in [3.8, 4) is 5.75 Å². The average Bonchev–Trinajstić information content (AvgIpc) is 3.09. The summed E-state index contributed by atoms with van der Waals surface area (Å²) in [6.07, 6.45) is 0.945. The van der Waals surface area contributed by atoms with Gasteiger partial charge in [-0.3, -0.25) is 0 Å². The molecule has 132 valence electrons. The predicted octanol–water partition coefficient (Wildman–Crippen LogP) is 1.91. The minimum absolute atomic E-state index is 0.606. The van der Waals surface area contributed by atoms with Crippen molar-refractivity contribution in [2.45, 2.75) is 13.3 Å². The van der Waals surface area contributed by atoms with Crippen LogP contribution in [0.5, 0.6) is 5.75 Å². The Bertz CT molecular complexity index is 772. The van der Waals surface area contributed by atoms with Crippen LogP contribution in [0.15, 0.2) is 18.2 Å². The summed E-state index contributed by atoms with van der Waals surface area (Å²) >= 11 is 0. The van der Waals surface area contributed by atoms with Crippen molar-refractivity contribution >= 4 is 23.1 Å². The van der Waals surface area contributed by atoms with E-state index in [4.69, 9.17) is 4.74 Å². The predicted molar refractivity (Wildman–Crippen MR) is 100 cm³/mol. The molecule has 2 aromatic rings. The van der Waals surface area contributed by atoms with Crippen molar-refractivity contribution < 1.29 is 4.74 Å². The first-order valence-corrected chi connectivity index (χ1v) is 8.79. The van der Waals surface area contributed by atoms with Crippen LogP contribution in [0.3, 0.4) is 0 Å². The van der Waals surface area contributed by atoms with E-state index in [1.54, 1.807) is 0 Å². The lowest BCUT2D eigenvalue weighted by Crippen LogP contribution is -2.43. The SMILES string of the molecule is CNc1cc(C)nc(Nc2cc3c(c(N4CCNCC4)c2)OCC3)n1. The van der Waals surface area contributed by atoms with Crippen molar-refractivity contribution in [2.75, 3.05) is 55.4 Å². The zero-order valence-electron chi connectivity index (χ0n) is 14.7. The smallest absolute Gasteiger partial charge is 0.229 e. The van der Waals surface area contributed by atoms with Crippen LogP contribution in [-0.2, 0) is 6.42 Å². The first kappa shape index (κ1) is 16.0. The van der Waals surface area contributed by atoms with Crippen LogP contribution >= 0.6 is 0 Å². The molecule has 0 bridgehead atoms. The van der Waals surface area contributed by atoms with Gasteiger partial charge in [-0.2, -0.15) is 4.98 Å². The number of benzene rings is 1. The van der Waals surface area contributed by atoms with Crippen LogP contribution in [0.1, 0.15) is 11.3 Å². The number of rotatable bonds is 4. The monoisotopic (exact) mass is 340 g/mol. The summed E-state index contributed by atoms with van der Waals surface area (Å²) in [6, 6.07) is 6.23. The number of ether oxygens (including phenoxy) is 1. The maximum Gasteiger partial charge on any atom is 0.229 e. The molecule has 7 heteroatoms. The number of nitrogens with one attached hydrogen (secondary N) is 3. The van der Waals surface area contributed by atoms with Gasteiger partial charge in [-0.25, -0.2) is 4.98 Å². The quantitative estimate of drug-likeness (QED) is 0.785. The van der Waals surface area contributed by atoms with Crippen molar-refractivity contribution in [1.29, 1.82) is 0 Å². The number of hydrogen-bond acceptors (Lipinski definition) is 7. The van der Waals surface area contributed by atoms with Gasteiger partial charge in [0.15, 0.2) is 0 Å². The van der Waals surface area contributed by atoms with E-state index in [9.17, 15) is 0 Å². The molecule has 0 radical (unpaired) electrons. The third-order valence-electron chi connectivity index (χ3n) is 4.59. The number of nitrogens with zero attached hydrogens (tertiary/aromatic N) is 3. The van der Waals surface area contributed by atoms with Crippen LogP contribution in [0, 0.1) is 6.92 Å². The van der Waals surface area contributed by atoms with Crippen molar-refractivity contribution in [2.24, 2.45) is 0 Å². The Morgan fingerprint density at radius 3 is 2.80 bits per heavy atom. The molecule has 0 amide bonds. The van der Waals surface area contributed by atoms with E-state index in [0.29, 0.717) is 5.95 Å². The fourth-order valence-electron chi connectivity index (χ4n) is 3.38. The summed E-state index contributed by atoms with van der Waals surface area (Å²) in [6.45, 7) is 6.70. The molecule has 0 unspecified atom stereocenters.